The van der Waals surface area contributed by atoms with Crippen LogP contribution >= 0.6 is 0 Å². The van der Waals surface area contributed by atoms with Gasteiger partial charge in [-0.1, -0.05) is 0 Å². The zero-order valence-corrected chi connectivity index (χ0v) is 28.4. The molecule has 0 amide bonds. The van der Waals surface area contributed by atoms with Crippen molar-refractivity contribution in [1.29, 1.82) is 0 Å². The first-order valence-corrected chi connectivity index (χ1v) is 26.6. The fourth-order valence-corrected chi connectivity index (χ4v) is 26.6. The van der Waals surface area contributed by atoms with Gasteiger partial charge < -0.3 is 75.3 Å². The molecule has 0 bridgehead atoms. The molecular weight excluding hydrogens is 637 g/mol. The maximum Gasteiger partial charge on any atom is 0.693 e. The third-order valence-corrected chi connectivity index (χ3v) is 26.3. The van der Waals surface area contributed by atoms with Crippen molar-refractivity contribution in [2.75, 3.05) is 13.2 Å². The van der Waals surface area contributed by atoms with Crippen molar-refractivity contribution in [2.45, 2.75) is 46.6 Å². The van der Waals surface area contributed by atoms with Gasteiger partial charge in [0.25, 0.3) is 0 Å². The van der Waals surface area contributed by atoms with Gasteiger partial charge in [0.1, 0.15) is 0 Å². The zero-order valence-electron chi connectivity index (χ0n) is 20.4. The quantitative estimate of drug-likeness (QED) is 0.106. The molecule has 36 heavy (non-hydrogen) atoms. The van der Waals surface area contributed by atoms with Crippen LogP contribution in [-0.2, 0) is 50.9 Å². The van der Waals surface area contributed by atoms with E-state index in [0.717, 1.165) is 19.6 Å². The fraction of sp³-hybridized carbons (Fsp3) is 1.00. The van der Waals surface area contributed by atoms with E-state index in [1.54, 1.807) is 0 Å². The lowest BCUT2D eigenvalue weighted by atomic mass is 10.9. The van der Waals surface area contributed by atoms with E-state index in [0.29, 0.717) is 0 Å². The van der Waals surface area contributed by atoms with Gasteiger partial charge in [0.15, 0.2) is 0 Å². The van der Waals surface area contributed by atoms with E-state index >= 15 is 0 Å². The van der Waals surface area contributed by atoms with Gasteiger partial charge in [0.2, 0.25) is 0 Å². The van der Waals surface area contributed by atoms with Crippen molar-refractivity contribution in [1.82, 2.24) is 0 Å². The van der Waals surface area contributed by atoms with Crippen molar-refractivity contribution in [2.24, 2.45) is 0 Å². The van der Waals surface area contributed by atoms with Crippen molar-refractivity contribution in [3.05, 3.63) is 0 Å². The van der Waals surface area contributed by atoms with Crippen molar-refractivity contribution >= 4 is 71.2 Å². The molecule has 0 aromatic rings. The minimum absolute atomic E-state index is 0.0618. The summed E-state index contributed by atoms with van der Waals surface area (Å²) in [5.41, 5.74) is 0. The predicted octanol–water partition coefficient (Wildman–Crippen LogP) is -3.74. The summed E-state index contributed by atoms with van der Waals surface area (Å²) in [6.45, 7) is 8.06. The molecule has 7 N–H and O–H groups in total. The molecule has 0 saturated carbocycles. The highest BCUT2D eigenvalue weighted by atomic mass is 28.6. The summed E-state index contributed by atoms with van der Waals surface area (Å²) in [5, 5.41) is 0. The Bertz CT molecular complexity index is 742. The first kappa shape index (κ1) is 33.2. The van der Waals surface area contributed by atoms with Gasteiger partial charge >= 0.3 is 71.2 Å². The molecule has 0 aromatic carbocycles. The lowest BCUT2D eigenvalue weighted by molar-refractivity contribution is -0.235. The summed E-state index contributed by atoms with van der Waals surface area (Å²) in [4.78, 5) is 73.0. The van der Waals surface area contributed by atoms with Gasteiger partial charge in [0, 0.05) is 32.9 Å². The Morgan fingerprint density at radius 2 is 1.19 bits per heavy atom. The molecule has 2 fully saturated rings. The van der Waals surface area contributed by atoms with Crippen molar-refractivity contribution in [3.8, 4) is 0 Å². The number of hydrogen-bond acceptors (Lipinski definition) is 19. The van der Waals surface area contributed by atoms with Crippen LogP contribution in [0.3, 0.4) is 0 Å². The van der Waals surface area contributed by atoms with Gasteiger partial charge in [-0.25, -0.2) is 9.15 Å². The van der Waals surface area contributed by atoms with Crippen molar-refractivity contribution < 1.29 is 84.5 Å². The molecule has 19 nitrogen and oxygen atoms in total. The number of rotatable bonds is 6. The Morgan fingerprint density at radius 1 is 0.667 bits per heavy atom. The minimum atomic E-state index is -5.47. The van der Waals surface area contributed by atoms with E-state index in [1.165, 1.54) is 26.9 Å². The molecule has 27 heteroatoms. The maximum absolute atomic E-state index is 10.9. The second-order valence-corrected chi connectivity index (χ2v) is 27.9. The molecule has 2 rings (SSSR count). The molecule has 5 unspecified atom stereocenters. The lowest BCUT2D eigenvalue weighted by Crippen LogP contribution is -2.73. The van der Waals surface area contributed by atoms with Crippen LogP contribution in [-0.4, -0.2) is 118 Å². The number of hydrogen-bond donors (Lipinski definition) is 7. The van der Waals surface area contributed by atoms with E-state index in [2.05, 4.69) is 0 Å². The third-order valence-electron chi connectivity index (χ3n) is 3.48. The first-order chi connectivity index (χ1) is 16.0. The van der Waals surface area contributed by atoms with Crippen molar-refractivity contribution in [3.63, 3.8) is 0 Å². The molecule has 0 radical (unpaired) electrons. The highest BCUT2D eigenvalue weighted by molar-refractivity contribution is 6.89. The van der Waals surface area contributed by atoms with E-state index in [9.17, 15) is 33.6 Å². The summed E-state index contributed by atoms with van der Waals surface area (Å²) in [5.74, 6) is 0. The molecule has 2 aliphatic heterocycles. The third kappa shape index (κ3) is 9.86. The second-order valence-electron chi connectivity index (χ2n) is 8.05. The van der Waals surface area contributed by atoms with Crippen LogP contribution in [0, 0.1) is 0 Å². The first-order valence-electron chi connectivity index (χ1n) is 10.3. The molecule has 2 aliphatic rings. The van der Waals surface area contributed by atoms with Crippen LogP contribution in [0.5, 0.6) is 0 Å². The molecule has 2 saturated heterocycles. The van der Waals surface area contributed by atoms with Gasteiger partial charge in [-0.05, 0) is 26.9 Å². The fourth-order valence-electron chi connectivity index (χ4n) is 2.84. The molecular formula is C9H32O19Si8. The topological polar surface area (TPSA) is 252 Å². The lowest BCUT2D eigenvalue weighted by Gasteiger charge is -2.44. The van der Waals surface area contributed by atoms with Crippen LogP contribution in [0.15, 0.2) is 0 Å². The Hall–Kier alpha value is 0.975. The zero-order chi connectivity index (χ0) is 27.9. The second kappa shape index (κ2) is 11.1. The average molecular weight is 669 g/mol. The van der Waals surface area contributed by atoms with Crippen LogP contribution in [0.2, 0.25) is 32.7 Å². The van der Waals surface area contributed by atoms with E-state index in [-0.39, 0.29) is 13.2 Å². The highest BCUT2D eigenvalue weighted by Crippen LogP contribution is 2.35. The Labute approximate surface area is 215 Å². The Kier molecular flexibility index (Phi) is 10.2. The van der Waals surface area contributed by atoms with Gasteiger partial charge in [0.05, 0.1) is 0 Å². The van der Waals surface area contributed by atoms with E-state index in [1.807, 2.05) is 0 Å². The van der Waals surface area contributed by atoms with Gasteiger partial charge in [-0.2, -0.15) is 0 Å². The van der Waals surface area contributed by atoms with Crippen LogP contribution in [0.4, 0.5) is 0 Å². The minimum Gasteiger partial charge on any atom is -0.391 e. The van der Waals surface area contributed by atoms with Crippen LogP contribution in [0.25, 0.3) is 0 Å². The molecule has 5 atom stereocenters. The molecule has 1 spiro atoms. The standard InChI is InChI=1S/C9H32O19Si8/c1-8-17-34(16)21-29(3,4)22-36(27-32(7,13)25-34)20-19-35(18-9-2,23-30(5,10)11)28-33(14,15)24-31(6,12)26-36/h10-16H,8-9H2,1-7H3. The summed E-state index contributed by atoms with van der Waals surface area (Å²) in [6, 6.07) is 0. The normalized spacial score (nSPS) is 42.2. The Morgan fingerprint density at radius 3 is 1.69 bits per heavy atom. The average Bonchev–Trinajstić information content (AvgIpc) is 2.55. The van der Waals surface area contributed by atoms with Crippen LogP contribution < -0.4 is 0 Å². The van der Waals surface area contributed by atoms with Crippen LogP contribution in [0.1, 0.15) is 13.8 Å². The summed E-state index contributed by atoms with van der Waals surface area (Å²) < 4.78 is 63.5. The van der Waals surface area contributed by atoms with E-state index in [4.69, 9.17) is 50.9 Å². The molecule has 2 heterocycles. The van der Waals surface area contributed by atoms with E-state index < -0.39 is 71.2 Å². The van der Waals surface area contributed by atoms with Gasteiger partial charge in [-0.3, -0.25) is 0 Å². The molecule has 214 valence electrons. The Balaban J connectivity index is 2.62. The maximum atomic E-state index is 10.9. The molecule has 0 aliphatic carbocycles. The summed E-state index contributed by atoms with van der Waals surface area (Å²) in [7, 11) is -37.9. The monoisotopic (exact) mass is 668 g/mol. The smallest absolute Gasteiger partial charge is 0.391 e. The molecule has 0 aromatic heterocycles. The SMILES string of the molecule is CCO[Si]1(O)O[Si](C)(C)O[Si]2(OO[Si](OCC)(O[Si](C)(O)O)O[Si](O)(O)O[Si](C)(O)O2)O[Si](C)(O)O1. The predicted molar refractivity (Wildman–Crippen MR) is 125 cm³/mol. The summed E-state index contributed by atoms with van der Waals surface area (Å²) in [6.07, 6.45) is 0. The highest BCUT2D eigenvalue weighted by Gasteiger charge is 2.72. The van der Waals surface area contributed by atoms with Gasteiger partial charge in [-0.15, -0.1) is 0 Å². The largest absolute Gasteiger partial charge is 0.693 e. The summed E-state index contributed by atoms with van der Waals surface area (Å²) >= 11 is 0.